The maximum atomic E-state index is 12.4. The summed E-state index contributed by atoms with van der Waals surface area (Å²) >= 11 is 0. The van der Waals surface area contributed by atoms with E-state index >= 15 is 0 Å². The van der Waals surface area contributed by atoms with Gasteiger partial charge >= 0.3 is 6.03 Å². The van der Waals surface area contributed by atoms with Crippen LogP contribution >= 0.6 is 0 Å². The Kier molecular flexibility index (Phi) is 5.36. The summed E-state index contributed by atoms with van der Waals surface area (Å²) in [7, 11) is 0. The first-order chi connectivity index (χ1) is 12.9. The zero-order valence-corrected chi connectivity index (χ0v) is 16.0. The van der Waals surface area contributed by atoms with E-state index < -0.39 is 17.5 Å². The summed E-state index contributed by atoms with van der Waals surface area (Å²) in [5.74, 6) is -0.00213. The number of fused-ring (bicyclic) bond motifs is 1. The Morgan fingerprint density at radius 1 is 1.30 bits per heavy atom. The molecule has 3 rings (SSSR count). The highest BCUT2D eigenvalue weighted by Crippen LogP contribution is 2.24. The minimum absolute atomic E-state index is 0.109. The maximum Gasteiger partial charge on any atom is 0.344 e. The van der Waals surface area contributed by atoms with E-state index in [0.717, 1.165) is 29.3 Å². The summed E-state index contributed by atoms with van der Waals surface area (Å²) in [4.78, 5) is 38.7. The van der Waals surface area contributed by atoms with E-state index in [1.165, 1.54) is 5.56 Å². The lowest BCUT2D eigenvalue weighted by Gasteiger charge is -2.29. The third-order valence-electron chi connectivity index (χ3n) is 5.15. The van der Waals surface area contributed by atoms with Crippen LogP contribution in [0.4, 0.5) is 4.79 Å². The molecular weight excluding hydrogens is 348 g/mol. The molecule has 2 aliphatic heterocycles. The van der Waals surface area contributed by atoms with Crippen LogP contribution in [0.3, 0.4) is 0 Å². The van der Waals surface area contributed by atoms with Gasteiger partial charge in [-0.1, -0.05) is 13.0 Å². The SMILES string of the molecule is CCOc1ccc2c(c1)CN(CC(=O)NN1C(=O)NC(C)(CC)C1=O)CC2. The van der Waals surface area contributed by atoms with Gasteiger partial charge in [0.05, 0.1) is 13.2 Å². The first-order valence-corrected chi connectivity index (χ1v) is 9.29. The molecule has 8 nitrogen and oxygen atoms in total. The van der Waals surface area contributed by atoms with Crippen molar-refractivity contribution in [1.29, 1.82) is 0 Å². The summed E-state index contributed by atoms with van der Waals surface area (Å²) in [6.45, 7) is 7.47. The molecule has 27 heavy (non-hydrogen) atoms. The van der Waals surface area contributed by atoms with Crippen molar-refractivity contribution in [3.05, 3.63) is 29.3 Å². The number of nitrogens with one attached hydrogen (secondary N) is 2. The Morgan fingerprint density at radius 3 is 2.74 bits per heavy atom. The molecule has 1 unspecified atom stereocenters. The monoisotopic (exact) mass is 374 g/mol. The van der Waals surface area contributed by atoms with Crippen LogP contribution in [0.25, 0.3) is 0 Å². The summed E-state index contributed by atoms with van der Waals surface area (Å²) in [5.41, 5.74) is 3.85. The van der Waals surface area contributed by atoms with E-state index in [4.69, 9.17) is 4.74 Å². The second kappa shape index (κ2) is 7.56. The lowest BCUT2D eigenvalue weighted by Crippen LogP contribution is -2.51. The molecule has 2 aliphatic rings. The molecule has 1 fully saturated rings. The van der Waals surface area contributed by atoms with Crippen molar-refractivity contribution in [3.63, 3.8) is 0 Å². The van der Waals surface area contributed by atoms with Crippen molar-refractivity contribution >= 4 is 17.8 Å². The van der Waals surface area contributed by atoms with Crippen LogP contribution < -0.4 is 15.5 Å². The van der Waals surface area contributed by atoms with E-state index in [9.17, 15) is 14.4 Å². The second-order valence-corrected chi connectivity index (χ2v) is 7.12. The minimum atomic E-state index is -0.968. The number of urea groups is 1. The minimum Gasteiger partial charge on any atom is -0.494 e. The number of ether oxygens (including phenoxy) is 1. The molecule has 2 N–H and O–H groups in total. The molecule has 0 aliphatic carbocycles. The largest absolute Gasteiger partial charge is 0.494 e. The lowest BCUT2D eigenvalue weighted by molar-refractivity contribution is -0.139. The Labute approximate surface area is 158 Å². The number of nitrogens with zero attached hydrogens (tertiary/aromatic N) is 2. The van der Waals surface area contributed by atoms with E-state index in [1.54, 1.807) is 6.92 Å². The molecule has 0 saturated carbocycles. The molecule has 0 spiro atoms. The van der Waals surface area contributed by atoms with Crippen LogP contribution in [0.15, 0.2) is 18.2 Å². The van der Waals surface area contributed by atoms with Gasteiger partial charge in [-0.15, -0.1) is 0 Å². The predicted octanol–water partition coefficient (Wildman–Crippen LogP) is 1.20. The topological polar surface area (TPSA) is 91.0 Å². The highest BCUT2D eigenvalue weighted by atomic mass is 16.5. The first kappa shape index (κ1) is 19.2. The highest BCUT2D eigenvalue weighted by Gasteiger charge is 2.47. The van der Waals surface area contributed by atoms with Gasteiger partial charge in [0.2, 0.25) is 0 Å². The smallest absolute Gasteiger partial charge is 0.344 e. The molecule has 8 heteroatoms. The molecule has 146 valence electrons. The van der Waals surface area contributed by atoms with Gasteiger partial charge < -0.3 is 10.1 Å². The fraction of sp³-hybridized carbons (Fsp3) is 0.526. The summed E-state index contributed by atoms with van der Waals surface area (Å²) in [5, 5.41) is 3.40. The molecule has 2 heterocycles. The van der Waals surface area contributed by atoms with Gasteiger partial charge in [0.15, 0.2) is 0 Å². The molecule has 0 aromatic heterocycles. The van der Waals surface area contributed by atoms with Gasteiger partial charge in [-0.05, 0) is 49.9 Å². The molecule has 0 bridgehead atoms. The van der Waals surface area contributed by atoms with Gasteiger partial charge in [-0.3, -0.25) is 19.9 Å². The Hall–Kier alpha value is -2.61. The van der Waals surface area contributed by atoms with Crippen molar-refractivity contribution in [2.75, 3.05) is 19.7 Å². The van der Waals surface area contributed by atoms with Crippen molar-refractivity contribution in [2.45, 2.75) is 45.7 Å². The number of benzene rings is 1. The Balaban J connectivity index is 1.60. The fourth-order valence-corrected chi connectivity index (χ4v) is 3.37. The molecule has 0 radical (unpaired) electrons. The number of hydrogen-bond acceptors (Lipinski definition) is 5. The molecule has 4 amide bonds. The third kappa shape index (κ3) is 3.90. The number of imide groups is 1. The van der Waals surface area contributed by atoms with Crippen molar-refractivity contribution in [2.24, 2.45) is 0 Å². The normalized spacial score (nSPS) is 22.4. The number of amides is 4. The van der Waals surface area contributed by atoms with Gasteiger partial charge in [0, 0.05) is 13.1 Å². The molecule has 1 aromatic carbocycles. The zero-order valence-electron chi connectivity index (χ0n) is 16.0. The van der Waals surface area contributed by atoms with E-state index in [1.807, 2.05) is 30.9 Å². The van der Waals surface area contributed by atoms with Crippen LogP contribution in [0, 0.1) is 0 Å². The van der Waals surface area contributed by atoms with Gasteiger partial charge in [-0.2, -0.15) is 5.01 Å². The molecule has 1 atom stereocenters. The molecular formula is C19H26N4O4. The summed E-state index contributed by atoms with van der Waals surface area (Å²) in [6.07, 6.45) is 1.29. The number of carbonyl (C=O) groups excluding carboxylic acids is 3. The van der Waals surface area contributed by atoms with Crippen LogP contribution in [0.1, 0.15) is 38.3 Å². The lowest BCUT2D eigenvalue weighted by atomic mass is 9.99. The van der Waals surface area contributed by atoms with Gasteiger partial charge in [0.1, 0.15) is 11.3 Å². The fourth-order valence-electron chi connectivity index (χ4n) is 3.37. The van der Waals surface area contributed by atoms with E-state index in [-0.39, 0.29) is 12.5 Å². The average Bonchev–Trinajstić information content (AvgIpc) is 2.85. The number of hydrogen-bond donors (Lipinski definition) is 2. The van der Waals surface area contributed by atoms with Crippen LogP contribution in [0.2, 0.25) is 0 Å². The van der Waals surface area contributed by atoms with Gasteiger partial charge in [0.25, 0.3) is 11.8 Å². The Bertz CT molecular complexity index is 766. The van der Waals surface area contributed by atoms with Gasteiger partial charge in [-0.25, -0.2) is 4.79 Å². The number of carbonyl (C=O) groups is 3. The summed E-state index contributed by atoms with van der Waals surface area (Å²) in [6, 6.07) is 5.44. The summed E-state index contributed by atoms with van der Waals surface area (Å²) < 4.78 is 5.54. The number of rotatable bonds is 6. The standard InChI is InChI=1S/C19H26N4O4/c1-4-19(3)17(25)23(18(26)20-19)21-16(24)12-22-9-8-13-6-7-15(27-5-2)10-14(13)11-22/h6-7,10H,4-5,8-9,11-12H2,1-3H3,(H,20,26)(H,21,24). The van der Waals surface area contributed by atoms with Crippen LogP contribution in [-0.2, 0) is 22.6 Å². The predicted molar refractivity (Wildman–Crippen MR) is 98.8 cm³/mol. The molecule has 1 aromatic rings. The zero-order chi connectivity index (χ0) is 19.6. The maximum absolute atomic E-state index is 12.4. The molecule has 1 saturated heterocycles. The van der Waals surface area contributed by atoms with Crippen LogP contribution in [-0.4, -0.2) is 53.0 Å². The van der Waals surface area contributed by atoms with Crippen molar-refractivity contribution < 1.29 is 19.1 Å². The van der Waals surface area contributed by atoms with E-state index in [2.05, 4.69) is 16.8 Å². The first-order valence-electron chi connectivity index (χ1n) is 9.29. The highest BCUT2D eigenvalue weighted by molar-refractivity contribution is 6.07. The third-order valence-corrected chi connectivity index (χ3v) is 5.15. The van der Waals surface area contributed by atoms with E-state index in [0.29, 0.717) is 19.6 Å². The average molecular weight is 374 g/mol. The Morgan fingerprint density at radius 2 is 2.07 bits per heavy atom. The quantitative estimate of drug-likeness (QED) is 0.730. The van der Waals surface area contributed by atoms with Crippen LogP contribution in [0.5, 0.6) is 5.75 Å². The van der Waals surface area contributed by atoms with Crippen molar-refractivity contribution in [3.8, 4) is 5.75 Å². The number of hydrazine groups is 1. The van der Waals surface area contributed by atoms with Crippen molar-refractivity contribution in [1.82, 2.24) is 20.7 Å². The second-order valence-electron chi connectivity index (χ2n) is 7.12.